The van der Waals surface area contributed by atoms with Crippen LogP contribution in [0.25, 0.3) is 11.4 Å². The first kappa shape index (κ1) is 11.4. The smallest absolute Gasteiger partial charge is 0.161 e. The van der Waals surface area contributed by atoms with Gasteiger partial charge in [-0.05, 0) is 25.5 Å². The van der Waals surface area contributed by atoms with Gasteiger partial charge in [-0.2, -0.15) is 0 Å². The number of phenolic OH excluding ortho intramolecular Hbond substituents is 1. The van der Waals surface area contributed by atoms with Gasteiger partial charge in [-0.1, -0.05) is 19.1 Å². The Labute approximate surface area is 100 Å². The number of nitrogens with zero attached hydrogens (tertiary/aromatic N) is 2. The molecule has 0 fully saturated rings. The number of aryl methyl sites for hydroxylation is 1. The summed E-state index contributed by atoms with van der Waals surface area (Å²) in [6.07, 6.45) is 0.817. The van der Waals surface area contributed by atoms with E-state index in [1.165, 1.54) is 0 Å². The highest BCUT2D eigenvalue weighted by Gasteiger charge is 2.09. The van der Waals surface area contributed by atoms with Crippen molar-refractivity contribution >= 4 is 5.82 Å². The van der Waals surface area contributed by atoms with Crippen LogP contribution in [0.1, 0.15) is 18.2 Å². The minimum atomic E-state index is 0.196. The van der Waals surface area contributed by atoms with Gasteiger partial charge in [0.1, 0.15) is 11.6 Å². The highest BCUT2D eigenvalue weighted by atomic mass is 16.3. The number of nitrogen functional groups attached to an aromatic ring is 1. The molecule has 4 heteroatoms. The summed E-state index contributed by atoms with van der Waals surface area (Å²) < 4.78 is 0. The molecule has 1 aromatic carbocycles. The Morgan fingerprint density at radius 2 is 2.06 bits per heavy atom. The van der Waals surface area contributed by atoms with E-state index in [1.807, 2.05) is 19.9 Å². The van der Waals surface area contributed by atoms with E-state index in [1.54, 1.807) is 18.2 Å². The molecule has 2 aromatic rings. The second-order valence-electron chi connectivity index (χ2n) is 3.90. The Balaban J connectivity index is 2.54. The maximum Gasteiger partial charge on any atom is 0.161 e. The van der Waals surface area contributed by atoms with E-state index < -0.39 is 0 Å². The average molecular weight is 229 g/mol. The zero-order valence-corrected chi connectivity index (χ0v) is 9.94. The fourth-order valence-electron chi connectivity index (χ4n) is 1.83. The van der Waals surface area contributed by atoms with Gasteiger partial charge in [0, 0.05) is 16.8 Å². The molecule has 0 aliphatic rings. The highest BCUT2D eigenvalue weighted by Crippen LogP contribution is 2.23. The van der Waals surface area contributed by atoms with Gasteiger partial charge in [-0.15, -0.1) is 0 Å². The summed E-state index contributed by atoms with van der Waals surface area (Å²) in [6.45, 7) is 3.94. The predicted octanol–water partition coefficient (Wildman–Crippen LogP) is 2.30. The predicted molar refractivity (Wildman–Crippen MR) is 67.7 cm³/mol. The third-order valence-electron chi connectivity index (χ3n) is 2.70. The summed E-state index contributed by atoms with van der Waals surface area (Å²) in [5, 5.41) is 9.43. The van der Waals surface area contributed by atoms with Crippen molar-refractivity contribution in [1.82, 2.24) is 9.97 Å². The average Bonchev–Trinajstić information content (AvgIpc) is 2.28. The lowest BCUT2D eigenvalue weighted by atomic mass is 10.1. The normalized spacial score (nSPS) is 10.5. The molecule has 2 rings (SSSR count). The van der Waals surface area contributed by atoms with Gasteiger partial charge >= 0.3 is 0 Å². The first-order chi connectivity index (χ1) is 8.11. The Hall–Kier alpha value is -2.10. The van der Waals surface area contributed by atoms with Crippen molar-refractivity contribution in [1.29, 1.82) is 0 Å². The molecular weight excluding hydrogens is 214 g/mol. The molecule has 17 heavy (non-hydrogen) atoms. The maximum absolute atomic E-state index is 9.43. The van der Waals surface area contributed by atoms with Crippen LogP contribution in [-0.4, -0.2) is 15.1 Å². The van der Waals surface area contributed by atoms with E-state index in [9.17, 15) is 5.11 Å². The fraction of sp³-hybridized carbons (Fsp3) is 0.231. The molecule has 0 bridgehead atoms. The SMILES string of the molecule is CCc1c(C)nc(-c2cccc(O)c2)nc1N. The van der Waals surface area contributed by atoms with Gasteiger partial charge in [-0.3, -0.25) is 0 Å². The van der Waals surface area contributed by atoms with Crippen LogP contribution in [0.2, 0.25) is 0 Å². The van der Waals surface area contributed by atoms with Gasteiger partial charge in [0.15, 0.2) is 5.82 Å². The summed E-state index contributed by atoms with van der Waals surface area (Å²) in [6, 6.07) is 6.84. The van der Waals surface area contributed by atoms with Gasteiger partial charge in [0.25, 0.3) is 0 Å². The van der Waals surface area contributed by atoms with E-state index in [0.717, 1.165) is 23.2 Å². The first-order valence-corrected chi connectivity index (χ1v) is 5.54. The van der Waals surface area contributed by atoms with Crippen molar-refractivity contribution in [2.24, 2.45) is 0 Å². The largest absolute Gasteiger partial charge is 0.508 e. The van der Waals surface area contributed by atoms with E-state index in [-0.39, 0.29) is 5.75 Å². The number of benzene rings is 1. The Morgan fingerprint density at radius 3 is 2.65 bits per heavy atom. The van der Waals surface area contributed by atoms with Gasteiger partial charge in [-0.25, -0.2) is 9.97 Å². The molecule has 0 atom stereocenters. The second kappa shape index (κ2) is 4.41. The van der Waals surface area contributed by atoms with Crippen molar-refractivity contribution < 1.29 is 5.11 Å². The summed E-state index contributed by atoms with van der Waals surface area (Å²) >= 11 is 0. The van der Waals surface area contributed by atoms with Crippen molar-refractivity contribution in [3.05, 3.63) is 35.5 Å². The number of nitrogens with two attached hydrogens (primary N) is 1. The summed E-state index contributed by atoms with van der Waals surface area (Å²) in [4.78, 5) is 8.69. The van der Waals surface area contributed by atoms with Crippen LogP contribution in [0, 0.1) is 6.92 Å². The zero-order valence-electron chi connectivity index (χ0n) is 9.94. The van der Waals surface area contributed by atoms with Crippen LogP contribution in [0.4, 0.5) is 5.82 Å². The zero-order chi connectivity index (χ0) is 12.4. The molecule has 0 saturated heterocycles. The lowest BCUT2D eigenvalue weighted by Crippen LogP contribution is -2.04. The highest BCUT2D eigenvalue weighted by molar-refractivity contribution is 5.60. The van der Waals surface area contributed by atoms with Crippen molar-refractivity contribution in [3.63, 3.8) is 0 Å². The number of hydrogen-bond acceptors (Lipinski definition) is 4. The molecule has 0 saturated carbocycles. The van der Waals surface area contributed by atoms with Crippen LogP contribution >= 0.6 is 0 Å². The molecule has 88 valence electrons. The third kappa shape index (κ3) is 2.20. The second-order valence-corrected chi connectivity index (χ2v) is 3.90. The number of aromatic hydroxyl groups is 1. The van der Waals surface area contributed by atoms with E-state index in [2.05, 4.69) is 9.97 Å². The van der Waals surface area contributed by atoms with E-state index >= 15 is 0 Å². The monoisotopic (exact) mass is 229 g/mol. The van der Waals surface area contributed by atoms with Crippen LogP contribution in [0.5, 0.6) is 5.75 Å². The van der Waals surface area contributed by atoms with E-state index in [4.69, 9.17) is 5.73 Å². The Bertz CT molecular complexity index is 529. The summed E-state index contributed by atoms with van der Waals surface area (Å²) in [7, 11) is 0. The number of anilines is 1. The molecule has 1 heterocycles. The molecule has 0 amide bonds. The number of phenols is 1. The van der Waals surface area contributed by atoms with Crippen LogP contribution < -0.4 is 5.73 Å². The number of rotatable bonds is 2. The lowest BCUT2D eigenvalue weighted by Gasteiger charge is -2.08. The molecule has 1 aromatic heterocycles. The third-order valence-corrected chi connectivity index (χ3v) is 2.70. The number of aromatic nitrogens is 2. The maximum atomic E-state index is 9.43. The molecule has 0 unspecified atom stereocenters. The Morgan fingerprint density at radius 1 is 1.29 bits per heavy atom. The van der Waals surface area contributed by atoms with Crippen LogP contribution in [-0.2, 0) is 6.42 Å². The van der Waals surface area contributed by atoms with Gasteiger partial charge in [0.2, 0.25) is 0 Å². The molecule has 4 nitrogen and oxygen atoms in total. The fourth-order valence-corrected chi connectivity index (χ4v) is 1.83. The molecule has 0 aliphatic heterocycles. The topological polar surface area (TPSA) is 72.0 Å². The lowest BCUT2D eigenvalue weighted by molar-refractivity contribution is 0.475. The van der Waals surface area contributed by atoms with Gasteiger partial charge < -0.3 is 10.8 Å². The van der Waals surface area contributed by atoms with Gasteiger partial charge in [0.05, 0.1) is 0 Å². The molecular formula is C13H15N3O. The van der Waals surface area contributed by atoms with Crippen molar-refractivity contribution in [2.45, 2.75) is 20.3 Å². The quantitative estimate of drug-likeness (QED) is 0.828. The molecule has 0 aliphatic carbocycles. The minimum Gasteiger partial charge on any atom is -0.508 e. The standard InChI is InChI=1S/C13H15N3O/c1-3-11-8(2)15-13(16-12(11)14)9-5-4-6-10(17)7-9/h4-7,17H,3H2,1-2H3,(H2,14,15,16). The van der Waals surface area contributed by atoms with Crippen molar-refractivity contribution in [2.75, 3.05) is 5.73 Å². The van der Waals surface area contributed by atoms with Crippen LogP contribution in [0.3, 0.4) is 0 Å². The van der Waals surface area contributed by atoms with Crippen LogP contribution in [0.15, 0.2) is 24.3 Å². The molecule has 0 spiro atoms. The summed E-state index contributed by atoms with van der Waals surface area (Å²) in [5.41, 5.74) is 8.53. The minimum absolute atomic E-state index is 0.196. The van der Waals surface area contributed by atoms with E-state index in [0.29, 0.717) is 11.6 Å². The first-order valence-electron chi connectivity index (χ1n) is 5.54. The number of hydrogen-bond donors (Lipinski definition) is 2. The van der Waals surface area contributed by atoms with Crippen molar-refractivity contribution in [3.8, 4) is 17.1 Å². The Kier molecular flexibility index (Phi) is 2.95. The molecule has 3 N–H and O–H groups in total. The summed E-state index contributed by atoms with van der Waals surface area (Å²) in [5.74, 6) is 1.26. The molecule has 0 radical (unpaired) electrons.